The van der Waals surface area contributed by atoms with Crippen LogP contribution in [-0.4, -0.2) is 28.2 Å². The second-order valence-corrected chi connectivity index (χ2v) is 5.03. The standard InChI is InChI=1S/C13H29NSi/c1-4-6-8-10-14(13(3)12-15)11-9-7-5-2/h3-12H2,1-2,15H3. The van der Waals surface area contributed by atoms with E-state index < -0.39 is 0 Å². The molecular weight excluding hydrogens is 198 g/mol. The van der Waals surface area contributed by atoms with Crippen LogP contribution in [0.15, 0.2) is 12.3 Å². The molecule has 90 valence electrons. The summed E-state index contributed by atoms with van der Waals surface area (Å²) in [6, 6.07) is 1.23. The maximum Gasteiger partial charge on any atom is 0.0174 e. The number of unbranched alkanes of at least 4 members (excludes halogenated alkanes) is 4. The van der Waals surface area contributed by atoms with Gasteiger partial charge in [-0.05, 0) is 18.9 Å². The highest BCUT2D eigenvalue weighted by atomic mass is 28.1. The molecule has 0 aliphatic carbocycles. The zero-order valence-electron chi connectivity index (χ0n) is 11.0. The Bertz CT molecular complexity index is 147. The summed E-state index contributed by atoms with van der Waals surface area (Å²) in [6.07, 6.45) is 8.02. The van der Waals surface area contributed by atoms with Crippen LogP contribution in [0.1, 0.15) is 52.4 Å². The molecule has 0 radical (unpaired) electrons. The molecule has 0 aromatic heterocycles. The van der Waals surface area contributed by atoms with Gasteiger partial charge < -0.3 is 4.90 Å². The van der Waals surface area contributed by atoms with Crippen molar-refractivity contribution in [3.05, 3.63) is 12.3 Å². The van der Waals surface area contributed by atoms with Crippen LogP contribution < -0.4 is 0 Å². The first-order valence-electron chi connectivity index (χ1n) is 6.68. The molecule has 0 fully saturated rings. The zero-order chi connectivity index (χ0) is 11.5. The van der Waals surface area contributed by atoms with E-state index in [0.717, 1.165) is 0 Å². The molecule has 1 nitrogen and oxygen atoms in total. The molecule has 0 atom stereocenters. The fourth-order valence-corrected chi connectivity index (χ4v) is 2.20. The van der Waals surface area contributed by atoms with Crippen LogP contribution in [0.3, 0.4) is 0 Å². The number of rotatable bonds is 10. The average molecular weight is 227 g/mol. The Morgan fingerprint density at radius 1 is 1.00 bits per heavy atom. The minimum absolute atomic E-state index is 1.23. The normalized spacial score (nSPS) is 10.5. The van der Waals surface area contributed by atoms with E-state index in [0.29, 0.717) is 0 Å². The third kappa shape index (κ3) is 7.66. The van der Waals surface area contributed by atoms with Crippen molar-refractivity contribution in [3.63, 3.8) is 0 Å². The lowest BCUT2D eigenvalue weighted by molar-refractivity contribution is 0.328. The fourth-order valence-electron chi connectivity index (χ4n) is 1.76. The summed E-state index contributed by atoms with van der Waals surface area (Å²) in [5.41, 5.74) is 1.38. The van der Waals surface area contributed by atoms with Crippen molar-refractivity contribution >= 4 is 10.2 Å². The molecule has 0 N–H and O–H groups in total. The van der Waals surface area contributed by atoms with Gasteiger partial charge in [-0.2, -0.15) is 0 Å². The second kappa shape index (κ2) is 10.3. The van der Waals surface area contributed by atoms with Gasteiger partial charge in [-0.3, -0.25) is 0 Å². The Morgan fingerprint density at radius 2 is 1.47 bits per heavy atom. The first kappa shape index (κ1) is 14.8. The predicted octanol–water partition coefficient (Wildman–Crippen LogP) is 2.97. The predicted molar refractivity (Wildman–Crippen MR) is 74.5 cm³/mol. The van der Waals surface area contributed by atoms with Crippen LogP contribution in [0.2, 0.25) is 6.04 Å². The van der Waals surface area contributed by atoms with E-state index in [-0.39, 0.29) is 0 Å². The van der Waals surface area contributed by atoms with Crippen molar-refractivity contribution in [1.82, 2.24) is 4.90 Å². The molecule has 0 saturated carbocycles. The Labute approximate surface area is 99.4 Å². The van der Waals surface area contributed by atoms with Crippen LogP contribution in [0, 0.1) is 0 Å². The first-order valence-corrected chi connectivity index (χ1v) is 8.10. The summed E-state index contributed by atoms with van der Waals surface area (Å²) in [5, 5.41) is 0. The van der Waals surface area contributed by atoms with Crippen molar-refractivity contribution in [2.75, 3.05) is 13.1 Å². The zero-order valence-corrected chi connectivity index (χ0v) is 13.0. The lowest BCUT2D eigenvalue weighted by Gasteiger charge is -2.26. The first-order chi connectivity index (χ1) is 7.26. The van der Waals surface area contributed by atoms with Gasteiger partial charge in [-0.25, -0.2) is 0 Å². The molecular formula is C13H29NSi. The smallest absolute Gasteiger partial charge is 0.0174 e. The van der Waals surface area contributed by atoms with Crippen molar-refractivity contribution in [1.29, 1.82) is 0 Å². The van der Waals surface area contributed by atoms with Gasteiger partial charge in [0.25, 0.3) is 0 Å². The van der Waals surface area contributed by atoms with Crippen LogP contribution in [0.25, 0.3) is 0 Å². The third-order valence-electron chi connectivity index (χ3n) is 2.92. The molecule has 0 aromatic carbocycles. The molecule has 0 spiro atoms. The quantitative estimate of drug-likeness (QED) is 0.410. The lowest BCUT2D eigenvalue weighted by atomic mass is 10.2. The Morgan fingerprint density at radius 3 is 1.80 bits per heavy atom. The largest absolute Gasteiger partial charge is 0.376 e. The van der Waals surface area contributed by atoms with Gasteiger partial charge in [-0.15, -0.1) is 0 Å². The van der Waals surface area contributed by atoms with E-state index in [2.05, 4.69) is 25.3 Å². The summed E-state index contributed by atoms with van der Waals surface area (Å²) in [4.78, 5) is 2.53. The SMILES string of the molecule is C=C(C[SiH3])N(CCCCC)CCCCC. The van der Waals surface area contributed by atoms with Gasteiger partial charge >= 0.3 is 0 Å². The van der Waals surface area contributed by atoms with Gasteiger partial charge in [0.05, 0.1) is 0 Å². The van der Waals surface area contributed by atoms with E-state index in [1.165, 1.54) is 73.6 Å². The highest BCUT2D eigenvalue weighted by Gasteiger charge is 2.04. The van der Waals surface area contributed by atoms with Gasteiger partial charge in [0.1, 0.15) is 0 Å². The van der Waals surface area contributed by atoms with Gasteiger partial charge in [-0.1, -0.05) is 46.1 Å². The number of hydrogen-bond donors (Lipinski definition) is 0. The van der Waals surface area contributed by atoms with Crippen LogP contribution >= 0.6 is 0 Å². The van der Waals surface area contributed by atoms with E-state index in [9.17, 15) is 0 Å². The summed E-state index contributed by atoms with van der Waals surface area (Å²) in [5.74, 6) is 0. The van der Waals surface area contributed by atoms with Crippen LogP contribution in [0.5, 0.6) is 0 Å². The molecule has 0 unspecified atom stereocenters. The molecule has 0 amide bonds. The number of nitrogens with zero attached hydrogens (tertiary/aromatic N) is 1. The molecule has 15 heavy (non-hydrogen) atoms. The van der Waals surface area contributed by atoms with E-state index in [1.807, 2.05) is 0 Å². The molecule has 0 rings (SSSR count). The Kier molecular flexibility index (Phi) is 10.1. The van der Waals surface area contributed by atoms with Crippen molar-refractivity contribution in [3.8, 4) is 0 Å². The lowest BCUT2D eigenvalue weighted by Crippen LogP contribution is -2.24. The van der Waals surface area contributed by atoms with Crippen molar-refractivity contribution < 1.29 is 0 Å². The van der Waals surface area contributed by atoms with E-state index in [1.54, 1.807) is 0 Å². The molecule has 0 aromatic rings. The fraction of sp³-hybridized carbons (Fsp3) is 0.846. The summed E-state index contributed by atoms with van der Waals surface area (Å²) >= 11 is 0. The molecule has 0 heterocycles. The second-order valence-electron chi connectivity index (χ2n) is 4.32. The van der Waals surface area contributed by atoms with Crippen LogP contribution in [0.4, 0.5) is 0 Å². The summed E-state index contributed by atoms with van der Waals surface area (Å²) < 4.78 is 0. The maximum absolute atomic E-state index is 4.19. The van der Waals surface area contributed by atoms with E-state index >= 15 is 0 Å². The minimum atomic E-state index is 1.23. The van der Waals surface area contributed by atoms with Gasteiger partial charge in [0.2, 0.25) is 0 Å². The molecule has 0 saturated heterocycles. The van der Waals surface area contributed by atoms with Crippen LogP contribution in [-0.2, 0) is 0 Å². The number of hydrogen-bond acceptors (Lipinski definition) is 1. The Hall–Kier alpha value is -0.243. The molecule has 0 aliphatic rings. The monoisotopic (exact) mass is 227 g/mol. The summed E-state index contributed by atoms with van der Waals surface area (Å²) in [7, 11) is 1.25. The number of allylic oxidation sites excluding steroid dienone is 1. The Balaban J connectivity index is 3.79. The van der Waals surface area contributed by atoms with Crippen molar-refractivity contribution in [2.45, 2.75) is 58.4 Å². The topological polar surface area (TPSA) is 3.24 Å². The third-order valence-corrected chi connectivity index (χ3v) is 3.73. The minimum Gasteiger partial charge on any atom is -0.376 e. The molecule has 2 heteroatoms. The highest BCUT2D eigenvalue weighted by molar-refractivity contribution is 6.10. The van der Waals surface area contributed by atoms with Gasteiger partial charge in [0.15, 0.2) is 0 Å². The maximum atomic E-state index is 4.19. The van der Waals surface area contributed by atoms with Crippen molar-refractivity contribution in [2.24, 2.45) is 0 Å². The van der Waals surface area contributed by atoms with E-state index in [4.69, 9.17) is 0 Å². The summed E-state index contributed by atoms with van der Waals surface area (Å²) in [6.45, 7) is 11.2. The molecule has 0 aliphatic heterocycles. The van der Waals surface area contributed by atoms with Gasteiger partial charge in [0, 0.05) is 29.0 Å². The average Bonchev–Trinajstić information content (AvgIpc) is 2.26. The molecule has 0 bridgehead atoms. The highest BCUT2D eigenvalue weighted by Crippen LogP contribution is 2.10.